The lowest BCUT2D eigenvalue weighted by molar-refractivity contribution is -0.183. The molecule has 31 heavy (non-hydrogen) atoms. The van der Waals surface area contributed by atoms with E-state index >= 15 is 0 Å². The van der Waals surface area contributed by atoms with E-state index in [1.807, 2.05) is 4.98 Å². The molecule has 0 amide bonds. The van der Waals surface area contributed by atoms with Crippen molar-refractivity contribution in [3.05, 3.63) is 62.9 Å². The van der Waals surface area contributed by atoms with Gasteiger partial charge in [0.05, 0.1) is 13.2 Å². The number of aromatic amines is 1. The fourth-order valence-electron chi connectivity index (χ4n) is 3.24. The van der Waals surface area contributed by atoms with Crippen LogP contribution in [0.1, 0.15) is 11.8 Å². The number of halogens is 3. The Hall–Kier alpha value is -2.02. The molecule has 4 rings (SSSR count). The molecule has 0 saturated carbocycles. The Morgan fingerprint density at radius 2 is 2.10 bits per heavy atom. The van der Waals surface area contributed by atoms with Crippen molar-refractivity contribution in [3.63, 3.8) is 0 Å². The number of benzene rings is 1. The van der Waals surface area contributed by atoms with Gasteiger partial charge in [-0.2, -0.15) is 0 Å². The van der Waals surface area contributed by atoms with E-state index in [0.29, 0.717) is 15.9 Å². The van der Waals surface area contributed by atoms with Crippen LogP contribution >= 0.6 is 6.72 Å². The van der Waals surface area contributed by atoms with E-state index in [9.17, 15) is 27.9 Å². The molecule has 1 saturated heterocycles. The molecule has 5 atom stereocenters. The number of hydrogen-bond acceptors (Lipinski definition) is 8. The van der Waals surface area contributed by atoms with Crippen LogP contribution in [0, 0.1) is 0 Å². The predicted molar refractivity (Wildman–Crippen MR) is 103 cm³/mol. The Kier molecular flexibility index (Phi) is 5.83. The summed E-state index contributed by atoms with van der Waals surface area (Å²) in [5.41, 5.74) is -4.13. The highest BCUT2D eigenvalue weighted by atomic mass is 32.5. The van der Waals surface area contributed by atoms with Crippen LogP contribution in [-0.2, 0) is 32.2 Å². The highest BCUT2D eigenvalue weighted by molar-refractivity contribution is 8.07. The Bertz CT molecular complexity index is 1140. The number of H-pyrrole nitrogens is 1. The second-order valence-corrected chi connectivity index (χ2v) is 9.80. The number of para-hydroxylation sites is 1. The molecule has 1 aromatic heterocycles. The number of rotatable bonds is 5. The molecule has 168 valence electrons. The predicted octanol–water partition coefficient (Wildman–Crippen LogP) is 1.62. The zero-order chi connectivity index (χ0) is 22.4. The van der Waals surface area contributed by atoms with Crippen LogP contribution in [0.25, 0.3) is 0 Å². The average molecular weight is 480 g/mol. The van der Waals surface area contributed by atoms with Crippen molar-refractivity contribution in [1.82, 2.24) is 9.55 Å². The first kappa shape index (κ1) is 22.2. The molecular weight excluding hydrogens is 464 g/mol. The third-order valence-electron chi connectivity index (χ3n) is 4.90. The summed E-state index contributed by atoms with van der Waals surface area (Å²) in [4.78, 5) is 25.0. The Morgan fingerprint density at radius 3 is 2.81 bits per heavy atom. The zero-order valence-corrected chi connectivity index (χ0v) is 17.2. The van der Waals surface area contributed by atoms with Crippen molar-refractivity contribution in [2.24, 2.45) is 0 Å². The van der Waals surface area contributed by atoms with Crippen LogP contribution in [0.15, 0.2) is 46.1 Å². The minimum Gasteiger partial charge on any atom is -0.424 e. The van der Waals surface area contributed by atoms with Crippen molar-refractivity contribution in [1.29, 1.82) is 0 Å². The number of nitrogens with one attached hydrogen (secondary N) is 1. The van der Waals surface area contributed by atoms with Gasteiger partial charge in [-0.05, 0) is 6.07 Å². The SMILES string of the molecule is O=c1ccn(C2OC(COP3(=S)OCc4ccccc4O3)(C(F)F)C(F)C2O)c(=O)[nH]1. The summed E-state index contributed by atoms with van der Waals surface area (Å²) in [6.45, 7) is -4.69. The number of ether oxygens (including phenoxy) is 1. The summed E-state index contributed by atoms with van der Waals surface area (Å²) >= 11 is 5.19. The summed E-state index contributed by atoms with van der Waals surface area (Å²) in [5, 5.41) is 10.2. The van der Waals surface area contributed by atoms with Gasteiger partial charge in [-0.25, -0.2) is 18.0 Å². The lowest BCUT2D eigenvalue weighted by Crippen LogP contribution is -2.50. The van der Waals surface area contributed by atoms with Crippen molar-refractivity contribution in [2.45, 2.75) is 37.1 Å². The van der Waals surface area contributed by atoms with E-state index in [-0.39, 0.29) is 6.61 Å². The number of aromatic nitrogens is 2. The Morgan fingerprint density at radius 1 is 1.35 bits per heavy atom. The van der Waals surface area contributed by atoms with Gasteiger partial charge in [0, 0.05) is 29.6 Å². The molecule has 14 heteroatoms. The maximum absolute atomic E-state index is 14.9. The van der Waals surface area contributed by atoms with Crippen LogP contribution in [0.4, 0.5) is 13.2 Å². The first-order chi connectivity index (χ1) is 14.7. The van der Waals surface area contributed by atoms with Crippen molar-refractivity contribution < 1.29 is 36.6 Å². The largest absolute Gasteiger partial charge is 0.424 e. The molecule has 0 spiro atoms. The fourth-order valence-corrected chi connectivity index (χ4v) is 5.05. The molecule has 2 aliphatic heterocycles. The van der Waals surface area contributed by atoms with Gasteiger partial charge >= 0.3 is 12.4 Å². The van der Waals surface area contributed by atoms with E-state index in [1.165, 1.54) is 0 Å². The molecule has 9 nitrogen and oxygen atoms in total. The molecule has 0 bridgehead atoms. The van der Waals surface area contributed by atoms with E-state index in [2.05, 4.69) is 0 Å². The van der Waals surface area contributed by atoms with E-state index in [0.717, 1.165) is 12.3 Å². The summed E-state index contributed by atoms with van der Waals surface area (Å²) in [5.74, 6) is 0.352. The van der Waals surface area contributed by atoms with Gasteiger partial charge in [0.15, 0.2) is 18.0 Å². The molecule has 1 fully saturated rings. The maximum atomic E-state index is 14.9. The quantitative estimate of drug-likeness (QED) is 0.622. The number of aliphatic hydroxyl groups excluding tert-OH is 1. The minimum absolute atomic E-state index is 0.00701. The van der Waals surface area contributed by atoms with Gasteiger partial charge in [-0.1, -0.05) is 18.2 Å². The maximum Gasteiger partial charge on any atom is 0.381 e. The second-order valence-electron chi connectivity index (χ2n) is 6.87. The summed E-state index contributed by atoms with van der Waals surface area (Å²) < 4.78 is 64.9. The first-order valence-electron chi connectivity index (χ1n) is 8.91. The summed E-state index contributed by atoms with van der Waals surface area (Å²) in [6.07, 6.45) is -9.23. The Balaban J connectivity index is 1.58. The summed E-state index contributed by atoms with van der Waals surface area (Å²) in [6, 6.07) is 7.62. The third-order valence-corrected chi connectivity index (χ3v) is 7.07. The van der Waals surface area contributed by atoms with E-state index in [4.69, 9.17) is 30.1 Å². The van der Waals surface area contributed by atoms with Gasteiger partial charge in [-0.3, -0.25) is 23.4 Å². The standard InChI is InChI=1S/C17H16F3N2O7PS/c18-13-12(24)14(22-6-5-11(23)21-16(22)25)28-17(13,15(19)20)8-27-30(31)26-7-9-3-1-2-4-10(9)29-30/h1-6,12-15,24H,7-8H2,(H,21,23,25). The zero-order valence-electron chi connectivity index (χ0n) is 15.5. The lowest BCUT2D eigenvalue weighted by Gasteiger charge is -2.33. The smallest absolute Gasteiger partial charge is 0.381 e. The molecule has 5 unspecified atom stereocenters. The highest BCUT2D eigenvalue weighted by Crippen LogP contribution is 2.56. The van der Waals surface area contributed by atoms with Crippen molar-refractivity contribution in [2.75, 3.05) is 6.61 Å². The number of alkyl halides is 3. The van der Waals surface area contributed by atoms with Gasteiger partial charge in [0.1, 0.15) is 11.9 Å². The molecule has 0 aliphatic carbocycles. The first-order valence-corrected chi connectivity index (χ1v) is 11.5. The van der Waals surface area contributed by atoms with E-state index < -0.39 is 55.1 Å². The van der Waals surface area contributed by atoms with Crippen LogP contribution in [0.2, 0.25) is 0 Å². The molecular formula is C17H16F3N2O7PS. The van der Waals surface area contributed by atoms with Crippen LogP contribution in [0.3, 0.4) is 0 Å². The molecule has 2 aromatic rings. The van der Waals surface area contributed by atoms with E-state index in [1.54, 1.807) is 24.3 Å². The van der Waals surface area contributed by atoms with Gasteiger partial charge in [-0.15, -0.1) is 0 Å². The molecule has 2 aliphatic rings. The topological polar surface area (TPSA) is 112 Å². The molecule has 1 aromatic carbocycles. The second kappa shape index (κ2) is 8.15. The van der Waals surface area contributed by atoms with Gasteiger partial charge < -0.3 is 14.4 Å². The molecule has 3 heterocycles. The highest BCUT2D eigenvalue weighted by Gasteiger charge is 2.62. The van der Waals surface area contributed by atoms with Gasteiger partial charge in [0.25, 0.3) is 12.0 Å². The molecule has 0 radical (unpaired) electrons. The Labute approximate surface area is 177 Å². The monoisotopic (exact) mass is 480 g/mol. The number of hydrogen-bond donors (Lipinski definition) is 2. The average Bonchev–Trinajstić information content (AvgIpc) is 2.98. The van der Waals surface area contributed by atoms with Crippen LogP contribution < -0.4 is 15.8 Å². The lowest BCUT2D eigenvalue weighted by atomic mass is 9.98. The number of aliphatic hydroxyl groups is 1. The third kappa shape index (κ3) is 3.97. The van der Waals surface area contributed by atoms with Crippen LogP contribution in [-0.4, -0.2) is 45.6 Å². The van der Waals surface area contributed by atoms with Crippen LogP contribution in [0.5, 0.6) is 5.75 Å². The normalized spacial score (nSPS) is 32.6. The minimum atomic E-state index is -3.58. The van der Waals surface area contributed by atoms with Gasteiger partial charge in [0.2, 0.25) is 0 Å². The number of fused-ring (bicyclic) bond motifs is 1. The fraction of sp³-hybridized carbons (Fsp3) is 0.412. The van der Waals surface area contributed by atoms with Crippen molar-refractivity contribution >= 4 is 18.5 Å². The molecule has 2 N–H and O–H groups in total. The van der Waals surface area contributed by atoms with Crippen molar-refractivity contribution in [3.8, 4) is 5.75 Å². The number of nitrogens with zero attached hydrogens (tertiary/aromatic N) is 1. The summed E-state index contributed by atoms with van der Waals surface area (Å²) in [7, 11) is 0.